The van der Waals surface area contributed by atoms with Crippen molar-refractivity contribution >= 4 is 41.6 Å². The van der Waals surface area contributed by atoms with Gasteiger partial charge in [-0.2, -0.15) is 0 Å². The minimum atomic E-state index is -0.208. The van der Waals surface area contributed by atoms with Gasteiger partial charge in [0, 0.05) is 11.1 Å². The van der Waals surface area contributed by atoms with E-state index in [0.29, 0.717) is 11.1 Å². The van der Waals surface area contributed by atoms with Crippen LogP contribution in [0.5, 0.6) is 0 Å². The topological polar surface area (TPSA) is 34.1 Å². The van der Waals surface area contributed by atoms with Gasteiger partial charge in [0.15, 0.2) is 0 Å². The second kappa shape index (κ2) is 12.7. The molecule has 2 nitrogen and oxygen atoms in total. The van der Waals surface area contributed by atoms with Crippen molar-refractivity contribution in [2.75, 3.05) is 0 Å². The van der Waals surface area contributed by atoms with Crippen LogP contribution in [-0.2, 0) is 0 Å². The summed E-state index contributed by atoms with van der Waals surface area (Å²) in [5.41, 5.74) is 3.57. The number of hydrogen-bond donors (Lipinski definition) is 2. The van der Waals surface area contributed by atoms with E-state index in [9.17, 15) is 9.59 Å². The molecule has 0 saturated heterocycles. The van der Waals surface area contributed by atoms with Gasteiger partial charge in [-0.3, -0.25) is 9.59 Å². The Morgan fingerprint density at radius 2 is 1.11 bits per heavy atom. The maximum absolute atomic E-state index is 10.7. The number of thiol groups is 2. The van der Waals surface area contributed by atoms with Crippen LogP contribution in [0.4, 0.5) is 0 Å². The summed E-state index contributed by atoms with van der Waals surface area (Å²) in [7, 11) is 0. The van der Waals surface area contributed by atoms with Crippen LogP contribution >= 0.6 is 25.3 Å². The maximum Gasteiger partial charge on any atom is 0.216 e. The van der Waals surface area contributed by atoms with Crippen molar-refractivity contribution in [2.24, 2.45) is 0 Å². The molecular weight excluding hydrogens is 372 g/mol. The molecular formula is C23H22O2S2. The Morgan fingerprint density at radius 3 is 1.41 bits per heavy atom. The minimum Gasteiger partial charge on any atom is -0.282 e. The van der Waals surface area contributed by atoms with E-state index < -0.39 is 0 Å². The lowest BCUT2D eigenvalue weighted by Crippen LogP contribution is -1.86. The Bertz CT molecular complexity index is 843. The molecule has 0 N–H and O–H groups in total. The van der Waals surface area contributed by atoms with E-state index in [0.717, 1.165) is 5.56 Å². The Hall–Kier alpha value is -2.56. The first-order chi connectivity index (χ1) is 12.9. The largest absolute Gasteiger partial charge is 0.282 e. The van der Waals surface area contributed by atoms with Crippen molar-refractivity contribution in [3.63, 3.8) is 0 Å². The lowest BCUT2D eigenvalue weighted by Gasteiger charge is -1.94. The molecule has 138 valence electrons. The van der Waals surface area contributed by atoms with Crippen molar-refractivity contribution in [3.8, 4) is 0 Å². The standard InChI is InChI=1S/C9H8OS.C7H6OS.C7H8/c1-2-7-3-5-8(6-4-7)9(10)11;8-7(9)6-4-2-1-3-5-6;1-7-5-3-2-4-6-7/h2-6H,1H2,(H,10,11);1-5H,(H,8,9);2-6H,1H3. The number of aryl methyl sites for hydroxylation is 1. The summed E-state index contributed by atoms with van der Waals surface area (Å²) >= 11 is 7.34. The van der Waals surface area contributed by atoms with Crippen LogP contribution in [0.15, 0.2) is 91.5 Å². The van der Waals surface area contributed by atoms with E-state index in [1.807, 2.05) is 48.5 Å². The number of benzene rings is 3. The summed E-state index contributed by atoms with van der Waals surface area (Å²) in [6, 6.07) is 26.3. The molecule has 0 saturated carbocycles. The average Bonchev–Trinajstić information content (AvgIpc) is 2.70. The number of hydrogen-bond acceptors (Lipinski definition) is 2. The molecule has 0 fully saturated rings. The predicted octanol–water partition coefficient (Wildman–Crippen LogP) is 6.15. The normalized spacial score (nSPS) is 9.00. The first kappa shape index (κ1) is 22.5. The van der Waals surface area contributed by atoms with Crippen LogP contribution in [0.3, 0.4) is 0 Å². The van der Waals surface area contributed by atoms with E-state index in [2.05, 4.69) is 50.9 Å². The fourth-order valence-electron chi connectivity index (χ4n) is 1.88. The second-order valence-corrected chi connectivity index (χ2v) is 6.27. The van der Waals surface area contributed by atoms with Gasteiger partial charge < -0.3 is 0 Å². The highest BCUT2D eigenvalue weighted by atomic mass is 32.1. The molecule has 3 aromatic carbocycles. The van der Waals surface area contributed by atoms with E-state index in [1.165, 1.54) is 5.56 Å². The fourth-order valence-corrected chi connectivity index (χ4v) is 2.18. The molecule has 3 rings (SSSR count). The van der Waals surface area contributed by atoms with Crippen molar-refractivity contribution in [1.82, 2.24) is 0 Å². The van der Waals surface area contributed by atoms with Crippen LogP contribution < -0.4 is 0 Å². The molecule has 0 aliphatic rings. The third-order valence-electron chi connectivity index (χ3n) is 3.35. The number of carbonyl (C=O) groups is 2. The zero-order valence-corrected chi connectivity index (χ0v) is 16.9. The van der Waals surface area contributed by atoms with E-state index in [-0.39, 0.29) is 10.2 Å². The van der Waals surface area contributed by atoms with Gasteiger partial charge in [-0.15, -0.1) is 25.3 Å². The Kier molecular flexibility index (Phi) is 10.6. The fraction of sp³-hybridized carbons (Fsp3) is 0.0435. The van der Waals surface area contributed by atoms with Crippen LogP contribution in [0.1, 0.15) is 31.8 Å². The quantitative estimate of drug-likeness (QED) is 0.522. The summed E-state index contributed by atoms with van der Waals surface area (Å²) in [5, 5.41) is -0.392. The molecule has 0 aliphatic heterocycles. The van der Waals surface area contributed by atoms with Gasteiger partial charge in [0.2, 0.25) is 10.2 Å². The zero-order chi connectivity index (χ0) is 20.1. The predicted molar refractivity (Wildman–Crippen MR) is 121 cm³/mol. The molecule has 0 radical (unpaired) electrons. The summed E-state index contributed by atoms with van der Waals surface area (Å²) in [6.45, 7) is 5.68. The van der Waals surface area contributed by atoms with Gasteiger partial charge in [0.05, 0.1) is 0 Å². The second-order valence-electron chi connectivity index (χ2n) is 5.46. The number of rotatable bonds is 3. The van der Waals surface area contributed by atoms with Crippen LogP contribution in [-0.4, -0.2) is 10.2 Å². The zero-order valence-electron chi connectivity index (χ0n) is 15.1. The molecule has 0 heterocycles. The lowest BCUT2D eigenvalue weighted by molar-refractivity contribution is 0.108. The lowest BCUT2D eigenvalue weighted by atomic mass is 10.1. The van der Waals surface area contributed by atoms with Crippen molar-refractivity contribution in [1.29, 1.82) is 0 Å². The molecule has 0 aliphatic carbocycles. The first-order valence-electron chi connectivity index (χ1n) is 8.20. The summed E-state index contributed by atoms with van der Waals surface area (Å²) in [5.74, 6) is 0. The van der Waals surface area contributed by atoms with Gasteiger partial charge in [-0.25, -0.2) is 0 Å². The van der Waals surface area contributed by atoms with Gasteiger partial charge >= 0.3 is 0 Å². The van der Waals surface area contributed by atoms with E-state index in [1.54, 1.807) is 30.3 Å². The van der Waals surface area contributed by atoms with E-state index >= 15 is 0 Å². The molecule has 27 heavy (non-hydrogen) atoms. The third kappa shape index (κ3) is 9.64. The molecule has 0 aromatic heterocycles. The molecule has 0 amide bonds. The Morgan fingerprint density at radius 1 is 0.704 bits per heavy atom. The third-order valence-corrected chi connectivity index (χ3v) is 3.87. The SMILES string of the molecule is C=Cc1ccc(C(=O)S)cc1.Cc1ccccc1.O=C(S)c1ccccc1. The van der Waals surface area contributed by atoms with Gasteiger partial charge in [0.25, 0.3) is 0 Å². The Labute approximate surface area is 171 Å². The summed E-state index contributed by atoms with van der Waals surface area (Å²) < 4.78 is 0. The van der Waals surface area contributed by atoms with Crippen molar-refractivity contribution in [3.05, 3.63) is 114 Å². The van der Waals surface area contributed by atoms with Crippen LogP contribution in [0.2, 0.25) is 0 Å². The number of carbonyl (C=O) groups excluding carboxylic acids is 2. The summed E-state index contributed by atoms with van der Waals surface area (Å²) in [4.78, 5) is 21.2. The smallest absolute Gasteiger partial charge is 0.216 e. The van der Waals surface area contributed by atoms with Gasteiger partial charge in [-0.1, -0.05) is 91.0 Å². The van der Waals surface area contributed by atoms with Crippen LogP contribution in [0, 0.1) is 6.92 Å². The molecule has 0 bridgehead atoms. The molecule has 4 heteroatoms. The average molecular weight is 395 g/mol. The molecule has 0 spiro atoms. The highest BCUT2D eigenvalue weighted by Gasteiger charge is 1.97. The first-order valence-corrected chi connectivity index (χ1v) is 9.09. The molecule has 3 aromatic rings. The van der Waals surface area contributed by atoms with Gasteiger partial charge in [0.1, 0.15) is 0 Å². The van der Waals surface area contributed by atoms with Crippen molar-refractivity contribution in [2.45, 2.75) is 6.92 Å². The monoisotopic (exact) mass is 394 g/mol. The van der Waals surface area contributed by atoms with Gasteiger partial charge in [-0.05, 0) is 24.6 Å². The summed E-state index contributed by atoms with van der Waals surface area (Å²) in [6.07, 6.45) is 1.73. The maximum atomic E-state index is 10.7. The highest BCUT2D eigenvalue weighted by molar-refractivity contribution is 7.97. The Balaban J connectivity index is 0.000000208. The molecule has 0 atom stereocenters. The van der Waals surface area contributed by atoms with E-state index in [4.69, 9.17) is 0 Å². The highest BCUT2D eigenvalue weighted by Crippen LogP contribution is 2.07. The molecule has 0 unspecified atom stereocenters. The van der Waals surface area contributed by atoms with Crippen LogP contribution in [0.25, 0.3) is 6.08 Å². The minimum absolute atomic E-state index is 0.185. The van der Waals surface area contributed by atoms with Crippen molar-refractivity contribution < 1.29 is 9.59 Å².